The van der Waals surface area contributed by atoms with Gasteiger partial charge in [-0.1, -0.05) is 383 Å². The Hall–Kier alpha value is -2.25. The van der Waals surface area contributed by atoms with E-state index in [-0.39, 0.29) is 18.9 Å². The van der Waals surface area contributed by atoms with Gasteiger partial charge in [0.25, 0.3) is 0 Å². The molecule has 3 aliphatic rings. The molecule has 19 heteroatoms. The molecule has 19 nitrogen and oxygen atoms in total. The second-order valence-corrected chi connectivity index (χ2v) is 33.8. The Kier molecular flexibility index (Phi) is 68.4. The number of rotatable bonds is 78. The lowest BCUT2D eigenvalue weighted by molar-refractivity contribution is -0.379. The predicted octanol–water partition coefficient (Wildman–Crippen LogP) is 18.7. The monoisotopic (exact) mass is 1610 g/mol. The van der Waals surface area contributed by atoms with Crippen LogP contribution in [0.15, 0.2) is 48.6 Å². The van der Waals surface area contributed by atoms with E-state index in [1.807, 2.05) is 6.08 Å². The zero-order valence-electron chi connectivity index (χ0n) is 71.9. The van der Waals surface area contributed by atoms with Crippen LogP contribution in [0.5, 0.6) is 0 Å². The van der Waals surface area contributed by atoms with Crippen molar-refractivity contribution in [3.05, 3.63) is 48.6 Å². The minimum atomic E-state index is -1.98. The molecule has 3 heterocycles. The summed E-state index contributed by atoms with van der Waals surface area (Å²) in [5.74, 6) is -0.282. The van der Waals surface area contributed by atoms with Crippen molar-refractivity contribution >= 4 is 5.91 Å². The van der Waals surface area contributed by atoms with E-state index in [9.17, 15) is 61.0 Å². The SMILES string of the molecule is CCCCCCCCCC/C=C\CCCCCCCCCCCCCCCCCCCCCCCCCC(=O)NC(COC1OC(CO)C(OC2OC(CO)C(OC3OC(CO)C(O)C(O)C3O)C(O)C2O)C(O)C1O)C(O)/C=C/CC/C=C/CC/C=C/CCCCCCCCCCCCCCCCCCCCCCCCC. The van der Waals surface area contributed by atoms with Crippen LogP contribution < -0.4 is 5.32 Å². The van der Waals surface area contributed by atoms with E-state index in [1.165, 1.54) is 334 Å². The van der Waals surface area contributed by atoms with E-state index >= 15 is 0 Å². The molecule has 3 saturated heterocycles. The fourth-order valence-electron chi connectivity index (χ4n) is 16.0. The Balaban J connectivity index is 1.32. The van der Waals surface area contributed by atoms with Crippen LogP contribution in [0.3, 0.4) is 0 Å². The van der Waals surface area contributed by atoms with Crippen molar-refractivity contribution in [1.82, 2.24) is 5.32 Å². The van der Waals surface area contributed by atoms with Gasteiger partial charge in [-0.3, -0.25) is 4.79 Å². The molecule has 0 aromatic heterocycles. The number of hydrogen-bond acceptors (Lipinski definition) is 18. The molecule has 0 aliphatic carbocycles. The van der Waals surface area contributed by atoms with Gasteiger partial charge in [0.15, 0.2) is 18.9 Å². The lowest BCUT2D eigenvalue weighted by Crippen LogP contribution is -2.66. The van der Waals surface area contributed by atoms with E-state index < -0.39 is 124 Å². The number of aliphatic hydroxyl groups excluding tert-OH is 11. The first kappa shape index (κ1) is 105. The topological polar surface area (TPSA) is 307 Å². The Morgan fingerprint density at radius 2 is 0.566 bits per heavy atom. The highest BCUT2D eigenvalue weighted by molar-refractivity contribution is 5.76. The smallest absolute Gasteiger partial charge is 0.220 e. The molecular formula is C94H175NO18. The number of aliphatic hydroxyl groups is 11. The zero-order chi connectivity index (χ0) is 81.7. The van der Waals surface area contributed by atoms with Crippen LogP contribution in [-0.2, 0) is 33.2 Å². The molecule has 0 bridgehead atoms. The first-order valence-corrected chi connectivity index (χ1v) is 47.4. The van der Waals surface area contributed by atoms with Crippen LogP contribution in [0.25, 0.3) is 0 Å². The van der Waals surface area contributed by atoms with Crippen LogP contribution in [0.4, 0.5) is 0 Å². The summed E-state index contributed by atoms with van der Waals surface area (Å²) >= 11 is 0. The number of allylic oxidation sites excluding steroid dienone is 7. The van der Waals surface area contributed by atoms with Crippen molar-refractivity contribution in [2.75, 3.05) is 26.4 Å². The normalized spacial score (nSPS) is 25.0. The molecule has 3 rings (SSSR count). The van der Waals surface area contributed by atoms with Crippen molar-refractivity contribution in [3.63, 3.8) is 0 Å². The molecule has 0 saturated carbocycles. The molecule has 0 spiro atoms. The summed E-state index contributed by atoms with van der Waals surface area (Å²) in [4.78, 5) is 13.5. The third kappa shape index (κ3) is 51.9. The van der Waals surface area contributed by atoms with Gasteiger partial charge in [-0.05, 0) is 70.6 Å². The molecule has 3 fully saturated rings. The molecule has 17 unspecified atom stereocenters. The highest BCUT2D eigenvalue weighted by Crippen LogP contribution is 2.34. The number of amides is 1. The van der Waals surface area contributed by atoms with Crippen molar-refractivity contribution in [1.29, 1.82) is 0 Å². The number of carbonyl (C=O) groups excluding carboxylic acids is 1. The lowest BCUT2D eigenvalue weighted by Gasteiger charge is -2.48. The largest absolute Gasteiger partial charge is 0.394 e. The molecule has 0 aromatic rings. The standard InChI is InChI=1S/C94H175NO18/c1-3-5-7-9-11-13-15-17-19-21-23-25-27-29-31-33-35-37-38-40-42-44-46-48-50-52-54-56-58-60-62-64-66-68-70-72-82(100)95-77(78(99)71-69-67-65-63-61-59-57-55-53-51-49-47-45-43-41-39-36-34-32-30-28-26-24-22-20-18-16-14-12-10-8-6-4-2)76-108-92-88(106)85(103)90(80(74-97)110-92)113-94-89(107)86(104)91(81(75-98)111-94)112-93-87(105)84(102)83(101)79(73-96)109-93/h21,23,53,55,61,63,69,71,77-81,83-94,96-99,101-107H,3-20,22,24-52,54,56-60,62,64-68,70,72-76H2,1-2H3,(H,95,100)/b23-21-,55-53+,63-61+,71-69+. The maximum absolute atomic E-state index is 13.5. The van der Waals surface area contributed by atoms with Gasteiger partial charge in [-0.25, -0.2) is 0 Å². The summed E-state index contributed by atoms with van der Waals surface area (Å²) < 4.78 is 34.5. The van der Waals surface area contributed by atoms with Crippen LogP contribution in [0, 0.1) is 0 Å². The van der Waals surface area contributed by atoms with Gasteiger partial charge in [0.05, 0.1) is 38.6 Å². The quantitative estimate of drug-likeness (QED) is 0.0199. The molecule has 664 valence electrons. The molecule has 1 amide bonds. The average Bonchev–Trinajstić information content (AvgIpc) is 0.780. The maximum Gasteiger partial charge on any atom is 0.220 e. The number of hydrogen-bond donors (Lipinski definition) is 12. The van der Waals surface area contributed by atoms with Gasteiger partial charge in [-0.15, -0.1) is 0 Å². The molecule has 3 aliphatic heterocycles. The first-order valence-electron chi connectivity index (χ1n) is 47.4. The van der Waals surface area contributed by atoms with Gasteiger partial charge in [0.2, 0.25) is 5.91 Å². The van der Waals surface area contributed by atoms with Gasteiger partial charge >= 0.3 is 0 Å². The Morgan fingerprint density at radius 3 is 0.885 bits per heavy atom. The molecule has 17 atom stereocenters. The Bertz CT molecular complexity index is 2220. The first-order chi connectivity index (χ1) is 55.3. The van der Waals surface area contributed by atoms with Crippen LogP contribution >= 0.6 is 0 Å². The van der Waals surface area contributed by atoms with Crippen molar-refractivity contribution < 1.29 is 89.4 Å². The van der Waals surface area contributed by atoms with E-state index in [4.69, 9.17) is 28.4 Å². The molecule has 113 heavy (non-hydrogen) atoms. The second-order valence-electron chi connectivity index (χ2n) is 33.8. The van der Waals surface area contributed by atoms with Crippen molar-refractivity contribution in [2.24, 2.45) is 0 Å². The number of unbranched alkanes of at least 4 members (excludes halogenated alkanes) is 56. The van der Waals surface area contributed by atoms with Crippen LogP contribution in [0.2, 0.25) is 0 Å². The summed E-state index contributed by atoms with van der Waals surface area (Å²) in [7, 11) is 0. The number of ether oxygens (including phenoxy) is 6. The number of carbonyl (C=O) groups is 1. The van der Waals surface area contributed by atoms with Gasteiger partial charge < -0.3 is 89.9 Å². The Morgan fingerprint density at radius 1 is 0.310 bits per heavy atom. The van der Waals surface area contributed by atoms with E-state index in [0.717, 1.165) is 44.9 Å². The van der Waals surface area contributed by atoms with Gasteiger partial charge in [-0.2, -0.15) is 0 Å². The van der Waals surface area contributed by atoms with Crippen molar-refractivity contribution in [2.45, 2.75) is 516 Å². The second kappa shape index (κ2) is 73.7. The third-order valence-electron chi connectivity index (χ3n) is 23.6. The third-order valence-corrected chi connectivity index (χ3v) is 23.6. The van der Waals surface area contributed by atoms with E-state index in [1.54, 1.807) is 6.08 Å². The van der Waals surface area contributed by atoms with Gasteiger partial charge in [0, 0.05) is 6.42 Å². The fourth-order valence-corrected chi connectivity index (χ4v) is 16.0. The minimum Gasteiger partial charge on any atom is -0.394 e. The van der Waals surface area contributed by atoms with Crippen LogP contribution in [-0.4, -0.2) is 193 Å². The van der Waals surface area contributed by atoms with Crippen molar-refractivity contribution in [3.8, 4) is 0 Å². The van der Waals surface area contributed by atoms with E-state index in [0.29, 0.717) is 12.8 Å². The summed E-state index contributed by atoms with van der Waals surface area (Å²) in [6.07, 6.45) is 70.1. The molecule has 12 N–H and O–H groups in total. The zero-order valence-corrected chi connectivity index (χ0v) is 71.9. The average molecular weight is 1610 g/mol. The molecular weight excluding hydrogens is 1430 g/mol. The van der Waals surface area contributed by atoms with E-state index in [2.05, 4.69) is 55.6 Å². The molecule has 0 radical (unpaired) electrons. The van der Waals surface area contributed by atoms with Crippen LogP contribution in [0.1, 0.15) is 412 Å². The maximum atomic E-state index is 13.5. The summed E-state index contributed by atoms with van der Waals surface area (Å²) in [6, 6.07) is -0.999. The summed E-state index contributed by atoms with van der Waals surface area (Å²) in [5, 5.41) is 121. The molecule has 0 aromatic carbocycles. The Labute approximate surface area is 688 Å². The fraction of sp³-hybridized carbons (Fsp3) is 0.904. The predicted molar refractivity (Wildman–Crippen MR) is 457 cm³/mol. The summed E-state index contributed by atoms with van der Waals surface area (Å²) in [6.45, 7) is 1.78. The lowest BCUT2D eigenvalue weighted by atomic mass is 9.96. The highest BCUT2D eigenvalue weighted by Gasteiger charge is 2.54. The highest BCUT2D eigenvalue weighted by atomic mass is 16.8. The minimum absolute atomic E-state index is 0.235. The van der Waals surface area contributed by atoms with Gasteiger partial charge in [0.1, 0.15) is 73.2 Å². The number of nitrogens with one attached hydrogen (secondary N) is 1. The summed E-state index contributed by atoms with van der Waals surface area (Å²) in [5.41, 5.74) is 0.